The SMILES string of the molecule is COc1ccc(NS(=O)(=O)c2c(Cl)cc(Br)cc2Cl)cn1. The molecule has 0 fully saturated rings. The zero-order chi connectivity index (χ0) is 15.6. The molecule has 0 aliphatic heterocycles. The molecule has 9 heteroatoms. The van der Waals surface area contributed by atoms with Crippen molar-refractivity contribution >= 4 is 54.8 Å². The summed E-state index contributed by atoms with van der Waals surface area (Å²) in [6.45, 7) is 0. The van der Waals surface area contributed by atoms with E-state index in [0.29, 0.717) is 10.4 Å². The molecule has 1 heterocycles. The first-order chi connectivity index (χ1) is 9.83. The molecule has 0 unspecified atom stereocenters. The van der Waals surface area contributed by atoms with Crippen LogP contribution in [0.4, 0.5) is 5.69 Å². The number of aromatic nitrogens is 1. The summed E-state index contributed by atoms with van der Waals surface area (Å²) in [4.78, 5) is 3.72. The number of hydrogen-bond donors (Lipinski definition) is 1. The Bertz CT molecular complexity index is 744. The molecular weight excluding hydrogens is 403 g/mol. The molecule has 2 rings (SSSR count). The number of rotatable bonds is 4. The van der Waals surface area contributed by atoms with E-state index in [2.05, 4.69) is 25.6 Å². The van der Waals surface area contributed by atoms with Gasteiger partial charge < -0.3 is 4.74 Å². The van der Waals surface area contributed by atoms with Crippen LogP contribution in [0.25, 0.3) is 0 Å². The molecule has 21 heavy (non-hydrogen) atoms. The van der Waals surface area contributed by atoms with Crippen LogP contribution in [-0.2, 0) is 10.0 Å². The maximum Gasteiger partial charge on any atom is 0.264 e. The summed E-state index contributed by atoms with van der Waals surface area (Å²) in [5.74, 6) is 0.373. The molecule has 0 saturated heterocycles. The van der Waals surface area contributed by atoms with Crippen LogP contribution in [0.1, 0.15) is 0 Å². The third-order valence-corrected chi connectivity index (χ3v) is 5.19. The summed E-state index contributed by atoms with van der Waals surface area (Å²) in [5.41, 5.74) is 0.269. The fourth-order valence-electron chi connectivity index (χ4n) is 1.55. The minimum Gasteiger partial charge on any atom is -0.481 e. The van der Waals surface area contributed by atoms with E-state index >= 15 is 0 Å². The van der Waals surface area contributed by atoms with Crippen LogP contribution >= 0.6 is 39.1 Å². The third-order valence-electron chi connectivity index (χ3n) is 2.43. The van der Waals surface area contributed by atoms with Crippen LogP contribution in [0.5, 0.6) is 5.88 Å². The second kappa shape index (κ2) is 6.39. The zero-order valence-electron chi connectivity index (χ0n) is 10.6. The van der Waals surface area contributed by atoms with Crippen molar-refractivity contribution in [1.82, 2.24) is 4.98 Å². The fourth-order valence-corrected chi connectivity index (χ4v) is 4.54. The number of anilines is 1. The second-order valence-electron chi connectivity index (χ2n) is 3.89. The monoisotopic (exact) mass is 410 g/mol. The van der Waals surface area contributed by atoms with Crippen LogP contribution < -0.4 is 9.46 Å². The first kappa shape index (κ1) is 16.4. The lowest BCUT2D eigenvalue weighted by molar-refractivity contribution is 0.398. The molecule has 0 radical (unpaired) electrons. The van der Waals surface area contributed by atoms with Gasteiger partial charge in [-0.3, -0.25) is 4.72 Å². The average molecular weight is 412 g/mol. The van der Waals surface area contributed by atoms with Crippen molar-refractivity contribution in [2.24, 2.45) is 0 Å². The number of nitrogens with zero attached hydrogens (tertiary/aromatic N) is 1. The van der Waals surface area contributed by atoms with E-state index < -0.39 is 10.0 Å². The number of methoxy groups -OCH3 is 1. The van der Waals surface area contributed by atoms with Crippen LogP contribution in [0.2, 0.25) is 10.0 Å². The maximum atomic E-state index is 12.4. The minimum absolute atomic E-state index is 0.0170. The van der Waals surface area contributed by atoms with Crippen molar-refractivity contribution in [2.45, 2.75) is 4.90 Å². The van der Waals surface area contributed by atoms with Crippen molar-refractivity contribution in [1.29, 1.82) is 0 Å². The molecule has 1 aromatic carbocycles. The maximum absolute atomic E-state index is 12.4. The van der Waals surface area contributed by atoms with Gasteiger partial charge in [0.25, 0.3) is 10.0 Å². The highest BCUT2D eigenvalue weighted by Gasteiger charge is 2.22. The van der Waals surface area contributed by atoms with Crippen molar-refractivity contribution in [2.75, 3.05) is 11.8 Å². The van der Waals surface area contributed by atoms with E-state index in [1.165, 1.54) is 37.6 Å². The van der Waals surface area contributed by atoms with E-state index in [-0.39, 0.29) is 20.6 Å². The van der Waals surface area contributed by atoms with E-state index in [4.69, 9.17) is 27.9 Å². The second-order valence-corrected chi connectivity index (χ2v) is 7.24. The van der Waals surface area contributed by atoms with Crippen molar-refractivity contribution in [3.05, 3.63) is 45.0 Å². The zero-order valence-corrected chi connectivity index (χ0v) is 14.5. The van der Waals surface area contributed by atoms with Crippen molar-refractivity contribution in [3.8, 4) is 5.88 Å². The lowest BCUT2D eigenvalue weighted by atomic mass is 10.4. The van der Waals surface area contributed by atoms with E-state index in [1.807, 2.05) is 0 Å². The summed E-state index contributed by atoms with van der Waals surface area (Å²) in [6, 6.07) is 5.95. The minimum atomic E-state index is -3.93. The van der Waals surface area contributed by atoms with E-state index in [1.54, 1.807) is 0 Å². The number of pyridine rings is 1. The molecule has 0 bridgehead atoms. The van der Waals surface area contributed by atoms with Gasteiger partial charge in [0, 0.05) is 10.5 Å². The van der Waals surface area contributed by atoms with Gasteiger partial charge in [0.05, 0.1) is 29.0 Å². The largest absolute Gasteiger partial charge is 0.481 e. The molecule has 0 atom stereocenters. The van der Waals surface area contributed by atoms with Crippen LogP contribution in [0.15, 0.2) is 39.8 Å². The van der Waals surface area contributed by atoms with Gasteiger partial charge >= 0.3 is 0 Å². The molecule has 1 aromatic heterocycles. The number of hydrogen-bond acceptors (Lipinski definition) is 4. The molecule has 0 aliphatic rings. The van der Waals surface area contributed by atoms with Crippen LogP contribution in [0.3, 0.4) is 0 Å². The molecule has 0 saturated carbocycles. The Morgan fingerprint density at radius 2 is 1.86 bits per heavy atom. The number of halogens is 3. The van der Waals surface area contributed by atoms with E-state index in [0.717, 1.165) is 0 Å². The summed E-state index contributed by atoms with van der Waals surface area (Å²) in [7, 11) is -2.46. The van der Waals surface area contributed by atoms with E-state index in [9.17, 15) is 8.42 Å². The Morgan fingerprint density at radius 1 is 1.24 bits per heavy atom. The van der Waals surface area contributed by atoms with Gasteiger partial charge in [0.2, 0.25) is 5.88 Å². The van der Waals surface area contributed by atoms with Gasteiger partial charge in [-0.15, -0.1) is 0 Å². The molecule has 0 spiro atoms. The topological polar surface area (TPSA) is 68.3 Å². The summed E-state index contributed by atoms with van der Waals surface area (Å²) in [5, 5.41) is 0.0340. The summed E-state index contributed by atoms with van der Waals surface area (Å²) < 4.78 is 32.6. The van der Waals surface area contributed by atoms with Gasteiger partial charge in [-0.1, -0.05) is 39.1 Å². The predicted molar refractivity (Wildman–Crippen MR) is 85.8 cm³/mol. The molecule has 1 N–H and O–H groups in total. The Hall–Kier alpha value is -1.02. The number of benzene rings is 1. The highest BCUT2D eigenvalue weighted by molar-refractivity contribution is 9.10. The lowest BCUT2D eigenvalue weighted by Crippen LogP contribution is -2.14. The fraction of sp³-hybridized carbons (Fsp3) is 0.0833. The summed E-state index contributed by atoms with van der Waals surface area (Å²) in [6.07, 6.45) is 1.33. The molecule has 112 valence electrons. The Kier molecular flexibility index (Phi) is 4.98. The van der Waals surface area contributed by atoms with Crippen molar-refractivity contribution < 1.29 is 13.2 Å². The standard InChI is InChI=1S/C12H9BrCl2N2O3S/c1-20-11-3-2-8(6-16-11)17-21(18,19)12-9(14)4-7(13)5-10(12)15/h2-6,17H,1H3. The molecule has 0 aliphatic carbocycles. The molecular formula is C12H9BrCl2N2O3S. The summed E-state index contributed by atoms with van der Waals surface area (Å²) >= 11 is 15.1. The Labute approximate surface area is 140 Å². The molecule has 5 nitrogen and oxygen atoms in total. The number of sulfonamides is 1. The normalized spacial score (nSPS) is 11.2. The first-order valence-electron chi connectivity index (χ1n) is 5.51. The smallest absolute Gasteiger partial charge is 0.264 e. The van der Waals surface area contributed by atoms with Gasteiger partial charge in [-0.2, -0.15) is 0 Å². The Morgan fingerprint density at radius 3 is 2.33 bits per heavy atom. The van der Waals surface area contributed by atoms with Gasteiger partial charge in [-0.05, 0) is 18.2 Å². The number of ether oxygens (including phenoxy) is 1. The molecule has 0 amide bonds. The average Bonchev–Trinajstić information content (AvgIpc) is 2.37. The Balaban J connectivity index is 2.38. The quantitative estimate of drug-likeness (QED) is 0.826. The predicted octanol–water partition coefficient (Wildman–Crippen LogP) is 3.96. The first-order valence-corrected chi connectivity index (χ1v) is 8.54. The number of nitrogens with one attached hydrogen (secondary N) is 1. The highest BCUT2D eigenvalue weighted by atomic mass is 79.9. The lowest BCUT2D eigenvalue weighted by Gasteiger charge is -2.11. The van der Waals surface area contributed by atoms with Gasteiger partial charge in [0.15, 0.2) is 0 Å². The highest BCUT2D eigenvalue weighted by Crippen LogP contribution is 2.33. The third kappa shape index (κ3) is 3.79. The van der Waals surface area contributed by atoms with Crippen LogP contribution in [0, 0.1) is 0 Å². The van der Waals surface area contributed by atoms with Crippen LogP contribution in [-0.4, -0.2) is 20.5 Å². The molecule has 2 aromatic rings. The van der Waals surface area contributed by atoms with Gasteiger partial charge in [0.1, 0.15) is 4.90 Å². The van der Waals surface area contributed by atoms with Crippen molar-refractivity contribution in [3.63, 3.8) is 0 Å². The van der Waals surface area contributed by atoms with Gasteiger partial charge in [-0.25, -0.2) is 13.4 Å².